The number of carbonyl (C=O) groups excluding carboxylic acids is 3. The second-order valence-electron chi connectivity index (χ2n) is 11.3. The summed E-state index contributed by atoms with van der Waals surface area (Å²) < 4.78 is 12.3. The van der Waals surface area contributed by atoms with Gasteiger partial charge in [-0.2, -0.15) is 0 Å². The quantitative estimate of drug-likeness (QED) is 0.355. The van der Waals surface area contributed by atoms with E-state index in [0.29, 0.717) is 39.1 Å². The van der Waals surface area contributed by atoms with Gasteiger partial charge in [0.05, 0.1) is 24.5 Å². The maximum atomic E-state index is 14.3. The molecule has 1 N–H and O–H groups in total. The van der Waals surface area contributed by atoms with E-state index in [1.807, 2.05) is 69.3 Å². The first-order valence-corrected chi connectivity index (χ1v) is 14.6. The van der Waals surface area contributed by atoms with Crippen LogP contribution >= 0.6 is 0 Å². The van der Waals surface area contributed by atoms with E-state index in [9.17, 15) is 14.4 Å². The molecule has 5 rings (SSSR count). The van der Waals surface area contributed by atoms with Gasteiger partial charge in [0.25, 0.3) is 0 Å². The standard InChI is InChI=1S/C31H41N3O6/c1-4-39-23-14-12-22(13-15-23)33-18-9-11-24-25(28(33)36)26-29(37)34(17-7-5-6-8-20-35)27-30(38)32(21(2)3)19-10-16-31(26,27)40-24/h9-16,21,24-27,35H,4-8,17-20H2,1-3H3/t24-,25+,26+,27?,31+/m1/s1. The molecule has 0 radical (unpaired) electrons. The van der Waals surface area contributed by atoms with Crippen molar-refractivity contribution in [3.05, 3.63) is 48.6 Å². The molecule has 0 aliphatic carbocycles. The highest BCUT2D eigenvalue weighted by Crippen LogP contribution is 2.53. The van der Waals surface area contributed by atoms with Gasteiger partial charge in [-0.3, -0.25) is 14.4 Å². The minimum Gasteiger partial charge on any atom is -0.494 e. The number of aliphatic hydroxyl groups is 1. The zero-order chi connectivity index (χ0) is 28.4. The Balaban J connectivity index is 1.49. The number of anilines is 1. The molecule has 9 nitrogen and oxygen atoms in total. The number of likely N-dealkylation sites (tertiary alicyclic amines) is 1. The highest BCUT2D eigenvalue weighted by Gasteiger charge is 2.71. The Hall–Kier alpha value is -3.17. The van der Waals surface area contributed by atoms with Gasteiger partial charge < -0.3 is 29.3 Å². The van der Waals surface area contributed by atoms with Crippen LogP contribution in [0.25, 0.3) is 0 Å². The summed E-state index contributed by atoms with van der Waals surface area (Å²) in [5, 5.41) is 9.14. The lowest BCUT2D eigenvalue weighted by molar-refractivity contribution is -0.148. The molecule has 4 aliphatic heterocycles. The average Bonchev–Trinajstić information content (AvgIpc) is 3.24. The summed E-state index contributed by atoms with van der Waals surface area (Å²) >= 11 is 0. The number of unbranched alkanes of at least 4 members (excludes halogenated alkanes) is 3. The molecule has 216 valence electrons. The number of hydrogen-bond acceptors (Lipinski definition) is 6. The van der Waals surface area contributed by atoms with Gasteiger partial charge in [0, 0.05) is 38.0 Å². The van der Waals surface area contributed by atoms with Gasteiger partial charge in [-0.25, -0.2) is 0 Å². The Kier molecular flexibility index (Phi) is 8.33. The van der Waals surface area contributed by atoms with Gasteiger partial charge in [0.1, 0.15) is 17.4 Å². The zero-order valence-electron chi connectivity index (χ0n) is 23.7. The third kappa shape index (κ3) is 4.83. The first-order chi connectivity index (χ1) is 19.3. The van der Waals surface area contributed by atoms with Gasteiger partial charge >= 0.3 is 0 Å². The monoisotopic (exact) mass is 551 g/mol. The second-order valence-corrected chi connectivity index (χ2v) is 11.3. The van der Waals surface area contributed by atoms with Crippen LogP contribution in [0.15, 0.2) is 48.6 Å². The van der Waals surface area contributed by atoms with Crippen molar-refractivity contribution in [2.45, 2.75) is 70.2 Å². The van der Waals surface area contributed by atoms with Crippen molar-refractivity contribution in [1.29, 1.82) is 0 Å². The number of benzene rings is 1. The lowest BCUT2D eigenvalue weighted by Crippen LogP contribution is -2.56. The number of nitrogens with zero attached hydrogens (tertiary/aromatic N) is 3. The summed E-state index contributed by atoms with van der Waals surface area (Å²) in [5.41, 5.74) is -0.485. The zero-order valence-corrected chi connectivity index (χ0v) is 23.7. The van der Waals surface area contributed by atoms with Crippen molar-refractivity contribution >= 4 is 23.4 Å². The van der Waals surface area contributed by atoms with Crippen LogP contribution in [0.2, 0.25) is 0 Å². The molecular weight excluding hydrogens is 510 g/mol. The van der Waals surface area contributed by atoms with Crippen LogP contribution in [0.5, 0.6) is 5.75 Å². The summed E-state index contributed by atoms with van der Waals surface area (Å²) in [7, 11) is 0. The molecule has 40 heavy (non-hydrogen) atoms. The Morgan fingerprint density at radius 2 is 1.75 bits per heavy atom. The van der Waals surface area contributed by atoms with Crippen molar-refractivity contribution in [1.82, 2.24) is 9.80 Å². The topological polar surface area (TPSA) is 99.6 Å². The Morgan fingerprint density at radius 1 is 1.00 bits per heavy atom. The van der Waals surface area contributed by atoms with E-state index in [1.54, 1.807) is 14.7 Å². The lowest BCUT2D eigenvalue weighted by Gasteiger charge is -2.36. The van der Waals surface area contributed by atoms with Crippen molar-refractivity contribution in [3.8, 4) is 5.75 Å². The van der Waals surface area contributed by atoms with E-state index in [1.165, 1.54) is 0 Å². The third-order valence-corrected chi connectivity index (χ3v) is 8.58. The summed E-state index contributed by atoms with van der Waals surface area (Å²) in [6.45, 7) is 7.76. The minimum atomic E-state index is -1.21. The summed E-state index contributed by atoms with van der Waals surface area (Å²) in [6, 6.07) is 6.53. The fourth-order valence-corrected chi connectivity index (χ4v) is 6.73. The van der Waals surface area contributed by atoms with Crippen molar-refractivity contribution in [2.75, 3.05) is 37.7 Å². The number of amides is 3. The lowest BCUT2D eigenvalue weighted by atomic mass is 9.77. The predicted molar refractivity (Wildman–Crippen MR) is 151 cm³/mol. The van der Waals surface area contributed by atoms with Crippen LogP contribution < -0.4 is 9.64 Å². The highest BCUT2D eigenvalue weighted by molar-refractivity contribution is 6.03. The van der Waals surface area contributed by atoms with Crippen LogP contribution in [0.1, 0.15) is 46.5 Å². The summed E-state index contributed by atoms with van der Waals surface area (Å²) in [4.78, 5) is 47.7. The molecule has 4 aliphatic rings. The first-order valence-electron chi connectivity index (χ1n) is 14.6. The molecule has 1 aromatic carbocycles. The molecular formula is C31H41N3O6. The number of carbonyl (C=O) groups is 3. The molecule has 0 saturated carbocycles. The highest BCUT2D eigenvalue weighted by atomic mass is 16.5. The van der Waals surface area contributed by atoms with Gasteiger partial charge in [-0.05, 0) is 57.9 Å². The normalized spacial score (nSPS) is 29.5. The maximum Gasteiger partial charge on any atom is 0.249 e. The van der Waals surface area contributed by atoms with E-state index in [0.717, 1.165) is 24.3 Å². The van der Waals surface area contributed by atoms with Gasteiger partial charge in [0.15, 0.2) is 0 Å². The SMILES string of the molecule is CCOc1ccc(N2CC=C[C@H]3O[C@]45C=CCN(C(C)C)C(=O)C4N(CCCCCCO)C(=O)[C@@H]5[C@H]3C2=O)cc1. The van der Waals surface area contributed by atoms with Gasteiger partial charge in [0.2, 0.25) is 17.7 Å². The number of hydrogen-bond donors (Lipinski definition) is 1. The molecule has 3 amide bonds. The van der Waals surface area contributed by atoms with Gasteiger partial charge in [-0.15, -0.1) is 0 Å². The molecule has 1 spiro atoms. The maximum absolute atomic E-state index is 14.3. The van der Waals surface area contributed by atoms with E-state index < -0.39 is 29.6 Å². The number of fused-ring (bicyclic) bond motifs is 2. The first kappa shape index (κ1) is 28.4. The van der Waals surface area contributed by atoms with Crippen LogP contribution in [0.4, 0.5) is 5.69 Å². The second kappa shape index (κ2) is 11.7. The number of ether oxygens (including phenoxy) is 2. The molecule has 4 heterocycles. The van der Waals surface area contributed by atoms with E-state index in [4.69, 9.17) is 14.6 Å². The van der Waals surface area contributed by atoms with Crippen LogP contribution in [0, 0.1) is 11.8 Å². The molecule has 1 aromatic rings. The molecule has 9 heteroatoms. The number of rotatable bonds is 10. The fourth-order valence-electron chi connectivity index (χ4n) is 6.73. The van der Waals surface area contributed by atoms with E-state index in [2.05, 4.69) is 0 Å². The van der Waals surface area contributed by atoms with Crippen molar-refractivity contribution in [3.63, 3.8) is 0 Å². The van der Waals surface area contributed by atoms with Crippen molar-refractivity contribution < 1.29 is 29.0 Å². The Morgan fingerprint density at radius 3 is 2.45 bits per heavy atom. The molecule has 0 bridgehead atoms. The molecule has 5 atom stereocenters. The molecule has 1 unspecified atom stereocenters. The minimum absolute atomic E-state index is 0.0450. The van der Waals surface area contributed by atoms with E-state index in [-0.39, 0.29) is 30.4 Å². The predicted octanol–water partition coefficient (Wildman–Crippen LogP) is 2.93. The average molecular weight is 552 g/mol. The third-order valence-electron chi connectivity index (χ3n) is 8.58. The molecule has 2 saturated heterocycles. The molecule has 0 aromatic heterocycles. The van der Waals surface area contributed by atoms with Crippen LogP contribution in [0.3, 0.4) is 0 Å². The van der Waals surface area contributed by atoms with Crippen LogP contribution in [-0.4, -0.2) is 89.3 Å². The van der Waals surface area contributed by atoms with Crippen LogP contribution in [-0.2, 0) is 19.1 Å². The van der Waals surface area contributed by atoms with Crippen molar-refractivity contribution in [2.24, 2.45) is 11.8 Å². The largest absolute Gasteiger partial charge is 0.494 e. The molecule has 2 fully saturated rings. The van der Waals surface area contributed by atoms with Gasteiger partial charge in [-0.1, -0.05) is 37.1 Å². The Bertz CT molecular complexity index is 1160. The fraction of sp³-hybridized carbons (Fsp3) is 0.581. The smallest absolute Gasteiger partial charge is 0.249 e. The van der Waals surface area contributed by atoms with E-state index >= 15 is 0 Å². The summed E-state index contributed by atoms with van der Waals surface area (Å²) in [6.07, 6.45) is 10.1. The Labute approximate surface area is 236 Å². The summed E-state index contributed by atoms with van der Waals surface area (Å²) in [5.74, 6) is -1.33. The number of aliphatic hydroxyl groups excluding tert-OH is 1.